The van der Waals surface area contributed by atoms with E-state index in [2.05, 4.69) is 55.1 Å². The summed E-state index contributed by atoms with van der Waals surface area (Å²) in [6, 6.07) is 13.7. The molecule has 238 valence electrons. The van der Waals surface area contributed by atoms with Crippen molar-refractivity contribution in [1.29, 1.82) is 0 Å². The summed E-state index contributed by atoms with van der Waals surface area (Å²) < 4.78 is 88.8. The van der Waals surface area contributed by atoms with Gasteiger partial charge in [-0.05, 0) is 103 Å². The van der Waals surface area contributed by atoms with Crippen LogP contribution in [0.3, 0.4) is 0 Å². The van der Waals surface area contributed by atoms with E-state index in [1.165, 1.54) is 48.0 Å². The molecule has 0 aromatic heterocycles. The molecule has 2 N–H and O–H groups in total. The molecule has 5 aliphatic rings. The van der Waals surface area contributed by atoms with Crippen LogP contribution in [-0.4, -0.2) is 53.5 Å². The van der Waals surface area contributed by atoms with Crippen LogP contribution in [0.25, 0.3) is 10.8 Å². The summed E-state index contributed by atoms with van der Waals surface area (Å²) in [5.74, 6) is -1.41. The molecule has 1 heterocycles. The van der Waals surface area contributed by atoms with Crippen molar-refractivity contribution in [3.05, 3.63) is 42.0 Å². The zero-order chi connectivity index (χ0) is 30.8. The Labute approximate surface area is 254 Å². The SMILES string of the molecule is CCCCOc1ccc(C23CCC(C2)C2CSCC23)c2ccccc12.O=S(=O)(O)C(F)(F)C(F)(F)C1CC2CC(O)C1C2. The third-order valence-corrected chi connectivity index (χ3v) is 13.3. The number of aliphatic hydroxyl groups is 1. The monoisotopic (exact) mass is 644 g/mol. The van der Waals surface area contributed by atoms with Crippen LogP contribution in [0.4, 0.5) is 17.6 Å². The Kier molecular flexibility index (Phi) is 8.30. The molecule has 4 bridgehead atoms. The first kappa shape index (κ1) is 31.4. The van der Waals surface area contributed by atoms with E-state index in [4.69, 9.17) is 9.29 Å². The van der Waals surface area contributed by atoms with Crippen molar-refractivity contribution >= 4 is 32.7 Å². The highest BCUT2D eigenvalue weighted by Crippen LogP contribution is 2.66. The number of benzene rings is 2. The van der Waals surface area contributed by atoms with Crippen LogP contribution in [0.1, 0.15) is 63.9 Å². The van der Waals surface area contributed by atoms with E-state index >= 15 is 0 Å². The first-order valence-electron chi connectivity index (χ1n) is 15.4. The van der Waals surface area contributed by atoms with Crippen molar-refractivity contribution in [1.82, 2.24) is 0 Å². The van der Waals surface area contributed by atoms with Crippen LogP contribution in [0, 0.1) is 35.5 Å². The van der Waals surface area contributed by atoms with Crippen molar-refractivity contribution in [3.8, 4) is 5.75 Å². The predicted octanol–water partition coefficient (Wildman–Crippen LogP) is 7.56. The normalized spacial score (nSPS) is 34.8. The summed E-state index contributed by atoms with van der Waals surface area (Å²) in [6.07, 6.45) is 5.67. The Balaban J connectivity index is 0.000000163. The van der Waals surface area contributed by atoms with Gasteiger partial charge in [-0.25, -0.2) is 0 Å². The Morgan fingerprint density at radius 3 is 2.44 bits per heavy atom. The van der Waals surface area contributed by atoms with E-state index in [0.29, 0.717) is 5.41 Å². The van der Waals surface area contributed by atoms with Gasteiger partial charge in [0, 0.05) is 16.7 Å². The van der Waals surface area contributed by atoms with Gasteiger partial charge in [-0.2, -0.15) is 37.7 Å². The van der Waals surface area contributed by atoms with Crippen molar-refractivity contribution in [3.63, 3.8) is 0 Å². The molecule has 2 aromatic rings. The number of alkyl halides is 4. The highest BCUT2D eigenvalue weighted by Gasteiger charge is 2.72. The second-order valence-corrected chi connectivity index (χ2v) is 15.9. The van der Waals surface area contributed by atoms with Gasteiger partial charge in [-0.1, -0.05) is 43.7 Å². The second-order valence-electron chi connectivity index (χ2n) is 13.4. The maximum absolute atomic E-state index is 13.6. The lowest BCUT2D eigenvalue weighted by Crippen LogP contribution is -2.54. The lowest BCUT2D eigenvalue weighted by atomic mass is 9.67. The summed E-state index contributed by atoms with van der Waals surface area (Å²) in [5.41, 5.74) is 2.07. The Morgan fingerprint density at radius 2 is 1.77 bits per heavy atom. The van der Waals surface area contributed by atoms with Gasteiger partial charge in [0.05, 0.1) is 12.7 Å². The molecule has 4 aliphatic carbocycles. The molecule has 1 aliphatic heterocycles. The quantitative estimate of drug-likeness (QED) is 0.175. The van der Waals surface area contributed by atoms with E-state index in [0.717, 1.165) is 36.5 Å². The summed E-state index contributed by atoms with van der Waals surface area (Å²) in [5, 5.41) is 6.67. The fraction of sp³-hybridized carbons (Fsp3) is 0.688. The average Bonchev–Trinajstić information content (AvgIpc) is 3.78. The van der Waals surface area contributed by atoms with Gasteiger partial charge in [-0.3, -0.25) is 4.55 Å². The van der Waals surface area contributed by atoms with E-state index in [1.807, 2.05) is 0 Å². The van der Waals surface area contributed by atoms with Gasteiger partial charge >= 0.3 is 21.3 Å². The molecule has 2 aromatic carbocycles. The lowest BCUT2D eigenvalue weighted by Gasteiger charge is -2.37. The maximum atomic E-state index is 13.6. The molecule has 43 heavy (non-hydrogen) atoms. The maximum Gasteiger partial charge on any atom is 0.431 e. The first-order valence-corrected chi connectivity index (χ1v) is 18.0. The van der Waals surface area contributed by atoms with Crippen LogP contribution in [-0.2, 0) is 15.5 Å². The number of hydrogen-bond donors (Lipinski definition) is 2. The molecular weight excluding hydrogens is 604 g/mol. The number of rotatable bonds is 8. The van der Waals surface area contributed by atoms with Gasteiger partial charge in [0.1, 0.15) is 5.75 Å². The number of aliphatic hydroxyl groups excluding tert-OH is 1. The summed E-state index contributed by atoms with van der Waals surface area (Å²) in [6.45, 7) is 3.05. The Hall–Kier alpha value is -1.56. The minimum Gasteiger partial charge on any atom is -0.493 e. The highest BCUT2D eigenvalue weighted by atomic mass is 32.2. The third kappa shape index (κ3) is 5.08. The number of halogens is 4. The fourth-order valence-corrected chi connectivity index (χ4v) is 11.4. The largest absolute Gasteiger partial charge is 0.493 e. The standard InChI is InChI=1S/C23H28OS.C9H12F4O4S/c1-2-3-12-24-22-9-8-20(17-6-4-5-7-18(17)22)23-11-10-16(13-23)19-14-25-15-21(19)23;10-8(11,9(12,13)18(15,16)17)6-2-4-1-5(6)7(14)3-4/h4-9,16,19,21H,2-3,10-15H2,1H3;4-7,14H,1-3H2,(H,15,16,17). The van der Waals surface area contributed by atoms with E-state index in [-0.39, 0.29) is 25.2 Å². The molecule has 0 spiro atoms. The second kappa shape index (κ2) is 11.4. The lowest BCUT2D eigenvalue weighted by molar-refractivity contribution is -0.209. The first-order chi connectivity index (χ1) is 20.3. The number of ether oxygens (including phenoxy) is 1. The predicted molar refractivity (Wildman–Crippen MR) is 159 cm³/mol. The molecule has 5 nitrogen and oxygen atoms in total. The Bertz CT molecular complexity index is 1450. The topological polar surface area (TPSA) is 83.8 Å². The van der Waals surface area contributed by atoms with Gasteiger partial charge in [-0.15, -0.1) is 0 Å². The molecule has 7 rings (SSSR count). The highest BCUT2D eigenvalue weighted by molar-refractivity contribution is 7.99. The molecule has 8 unspecified atom stereocenters. The van der Waals surface area contributed by atoms with Crippen molar-refractivity contribution in [2.45, 2.75) is 81.0 Å². The van der Waals surface area contributed by atoms with E-state index in [1.54, 1.807) is 5.56 Å². The number of fused-ring (bicyclic) bond motifs is 8. The fourth-order valence-electron chi connectivity index (χ4n) is 9.14. The number of hydrogen-bond acceptors (Lipinski definition) is 5. The molecule has 4 saturated carbocycles. The van der Waals surface area contributed by atoms with Gasteiger partial charge in [0.15, 0.2) is 0 Å². The minimum atomic E-state index is -6.20. The third-order valence-electron chi connectivity index (χ3n) is 11.2. The zero-order valence-corrected chi connectivity index (χ0v) is 25.9. The Morgan fingerprint density at radius 1 is 1.02 bits per heavy atom. The van der Waals surface area contributed by atoms with Crippen LogP contribution >= 0.6 is 11.8 Å². The van der Waals surface area contributed by atoms with Gasteiger partial charge in [0.25, 0.3) is 0 Å². The van der Waals surface area contributed by atoms with E-state index in [9.17, 15) is 31.1 Å². The van der Waals surface area contributed by atoms with Crippen LogP contribution < -0.4 is 4.74 Å². The van der Waals surface area contributed by atoms with Crippen molar-refractivity contribution in [2.24, 2.45) is 35.5 Å². The smallest absolute Gasteiger partial charge is 0.431 e. The summed E-state index contributed by atoms with van der Waals surface area (Å²) >= 11 is 2.20. The van der Waals surface area contributed by atoms with Crippen LogP contribution in [0.15, 0.2) is 36.4 Å². The number of thioether (sulfide) groups is 1. The van der Waals surface area contributed by atoms with Crippen molar-refractivity contribution in [2.75, 3.05) is 18.1 Å². The van der Waals surface area contributed by atoms with Gasteiger partial charge < -0.3 is 9.84 Å². The van der Waals surface area contributed by atoms with Crippen molar-refractivity contribution < 1.29 is 40.4 Å². The molecule has 1 saturated heterocycles. The zero-order valence-electron chi connectivity index (χ0n) is 24.2. The molecule has 5 fully saturated rings. The average molecular weight is 645 g/mol. The molecule has 0 radical (unpaired) electrons. The molecular formula is C32H40F4O5S2. The summed E-state index contributed by atoms with van der Waals surface area (Å²) in [4.78, 5) is 0. The van der Waals surface area contributed by atoms with Crippen LogP contribution in [0.2, 0.25) is 0 Å². The van der Waals surface area contributed by atoms with Gasteiger partial charge in [0.2, 0.25) is 0 Å². The van der Waals surface area contributed by atoms with E-state index < -0.39 is 39.2 Å². The van der Waals surface area contributed by atoms with Crippen LogP contribution in [0.5, 0.6) is 5.75 Å². The molecule has 0 amide bonds. The number of unbranched alkanes of at least 4 members (excludes halogenated alkanes) is 1. The molecule has 8 atom stereocenters. The minimum absolute atomic E-state index is 0.184. The summed E-state index contributed by atoms with van der Waals surface area (Å²) in [7, 11) is -6.20. The molecule has 11 heteroatoms.